The number of halogens is 1. The van der Waals surface area contributed by atoms with Crippen molar-refractivity contribution in [2.75, 3.05) is 6.61 Å². The Balaban J connectivity index is 0.00000484. The Bertz CT molecular complexity index is 332. The average Bonchev–Trinajstić information content (AvgIpc) is 3.25. The van der Waals surface area contributed by atoms with E-state index in [1.54, 1.807) is 6.92 Å². The molecule has 138 valence electrons. The van der Waals surface area contributed by atoms with Crippen LogP contribution in [0.1, 0.15) is 66.7 Å². The maximum absolute atomic E-state index is 11.8. The van der Waals surface area contributed by atoms with Gasteiger partial charge in [0.15, 0.2) is 0 Å². The van der Waals surface area contributed by atoms with Gasteiger partial charge in [-0.2, -0.15) is 0 Å². The van der Waals surface area contributed by atoms with Crippen LogP contribution in [-0.2, 0) is 14.3 Å². The van der Waals surface area contributed by atoms with E-state index in [2.05, 4.69) is 20.8 Å². The van der Waals surface area contributed by atoms with Crippen molar-refractivity contribution in [1.82, 2.24) is 0 Å². The van der Waals surface area contributed by atoms with Crippen LogP contribution < -0.4 is 5.73 Å². The summed E-state index contributed by atoms with van der Waals surface area (Å²) >= 11 is 0. The van der Waals surface area contributed by atoms with Gasteiger partial charge >= 0.3 is 5.97 Å². The molecule has 0 unspecified atom stereocenters. The summed E-state index contributed by atoms with van der Waals surface area (Å²) in [5.74, 6) is 1.48. The smallest absolute Gasteiger partial charge is 0.322 e. The zero-order valence-electron chi connectivity index (χ0n) is 15.4. The molecule has 1 saturated carbocycles. The van der Waals surface area contributed by atoms with Crippen molar-refractivity contribution in [3.8, 4) is 0 Å². The van der Waals surface area contributed by atoms with E-state index < -0.39 is 6.04 Å². The van der Waals surface area contributed by atoms with Crippen molar-refractivity contribution in [3.63, 3.8) is 0 Å². The molecule has 0 aliphatic heterocycles. The minimum absolute atomic E-state index is 0. The monoisotopic (exact) mass is 349 g/mol. The standard InChI is InChI=1S/C18H35NO3.ClH/c1-6-16(10-7-12(2)3)17(21-11-15-8-9-15)14(5)22-18(20)13(4)19;/h12-17H,6-11,19H2,1-5H3;1H/t13-,14-,16+,17-;/m0./s1. The molecule has 0 spiro atoms. The molecule has 0 aromatic heterocycles. The maximum Gasteiger partial charge on any atom is 0.322 e. The Morgan fingerprint density at radius 1 is 1.17 bits per heavy atom. The third-order valence-electron chi connectivity index (χ3n) is 4.46. The maximum atomic E-state index is 11.8. The molecule has 0 aromatic carbocycles. The highest BCUT2D eigenvalue weighted by Gasteiger charge is 2.32. The van der Waals surface area contributed by atoms with Crippen LogP contribution >= 0.6 is 12.4 Å². The van der Waals surface area contributed by atoms with Crippen LogP contribution in [0, 0.1) is 17.8 Å². The first kappa shape index (κ1) is 22.7. The highest BCUT2D eigenvalue weighted by atomic mass is 35.5. The van der Waals surface area contributed by atoms with Gasteiger partial charge in [0.1, 0.15) is 12.1 Å². The zero-order valence-corrected chi connectivity index (χ0v) is 16.2. The molecular formula is C18H36ClNO3. The summed E-state index contributed by atoms with van der Waals surface area (Å²) in [4.78, 5) is 11.8. The number of rotatable bonds is 11. The summed E-state index contributed by atoms with van der Waals surface area (Å²) in [6.45, 7) is 11.1. The average molecular weight is 350 g/mol. The van der Waals surface area contributed by atoms with Gasteiger partial charge in [0.05, 0.1) is 6.10 Å². The van der Waals surface area contributed by atoms with Crippen molar-refractivity contribution in [3.05, 3.63) is 0 Å². The number of hydrogen-bond acceptors (Lipinski definition) is 4. The molecule has 0 amide bonds. The van der Waals surface area contributed by atoms with Gasteiger partial charge in [-0.1, -0.05) is 33.6 Å². The first-order chi connectivity index (χ1) is 10.3. The molecule has 0 heterocycles. The molecule has 4 nitrogen and oxygen atoms in total. The summed E-state index contributed by atoms with van der Waals surface area (Å²) in [7, 11) is 0. The zero-order chi connectivity index (χ0) is 16.7. The number of carbonyl (C=O) groups excluding carboxylic acids is 1. The third kappa shape index (κ3) is 8.92. The molecule has 1 aliphatic carbocycles. The molecule has 0 bridgehead atoms. The lowest BCUT2D eigenvalue weighted by atomic mass is 9.88. The van der Waals surface area contributed by atoms with Crippen molar-refractivity contribution in [2.24, 2.45) is 23.5 Å². The Kier molecular flexibility index (Phi) is 11.1. The molecule has 4 atom stereocenters. The van der Waals surface area contributed by atoms with Crippen LogP contribution in [0.5, 0.6) is 0 Å². The highest BCUT2D eigenvalue weighted by molar-refractivity contribution is 5.85. The van der Waals surface area contributed by atoms with Gasteiger partial charge in [-0.3, -0.25) is 4.79 Å². The molecule has 1 aliphatic rings. The summed E-state index contributed by atoms with van der Waals surface area (Å²) in [6, 6.07) is -0.581. The quantitative estimate of drug-likeness (QED) is 0.574. The minimum Gasteiger partial charge on any atom is -0.459 e. The molecular weight excluding hydrogens is 314 g/mol. The fourth-order valence-corrected chi connectivity index (χ4v) is 2.69. The molecule has 0 radical (unpaired) electrons. The van der Waals surface area contributed by atoms with E-state index in [0.29, 0.717) is 17.8 Å². The van der Waals surface area contributed by atoms with Crippen LogP contribution in [0.4, 0.5) is 0 Å². The second-order valence-electron chi connectivity index (χ2n) is 7.31. The minimum atomic E-state index is -0.581. The summed E-state index contributed by atoms with van der Waals surface area (Å²) < 4.78 is 11.7. The summed E-state index contributed by atoms with van der Waals surface area (Å²) in [6.07, 6.45) is 5.61. The van der Waals surface area contributed by atoms with E-state index in [9.17, 15) is 4.79 Å². The van der Waals surface area contributed by atoms with E-state index in [-0.39, 0.29) is 30.6 Å². The second kappa shape index (κ2) is 11.3. The van der Waals surface area contributed by atoms with Crippen molar-refractivity contribution in [1.29, 1.82) is 0 Å². The van der Waals surface area contributed by atoms with Crippen LogP contribution in [0.3, 0.4) is 0 Å². The molecule has 5 heteroatoms. The number of nitrogens with two attached hydrogens (primary N) is 1. The topological polar surface area (TPSA) is 61.5 Å². The Morgan fingerprint density at radius 3 is 2.22 bits per heavy atom. The van der Waals surface area contributed by atoms with E-state index in [0.717, 1.165) is 19.4 Å². The second-order valence-corrected chi connectivity index (χ2v) is 7.31. The predicted molar refractivity (Wildman–Crippen MR) is 96.8 cm³/mol. The number of esters is 1. The van der Waals surface area contributed by atoms with E-state index in [1.807, 2.05) is 6.92 Å². The molecule has 23 heavy (non-hydrogen) atoms. The van der Waals surface area contributed by atoms with Gasteiger partial charge in [0.25, 0.3) is 0 Å². The highest BCUT2D eigenvalue weighted by Crippen LogP contribution is 2.32. The molecule has 0 saturated heterocycles. The SMILES string of the molecule is CC[C@H](CCC(C)C)[C@@H](OCC1CC1)[C@H](C)OC(=O)[C@H](C)N.Cl. The molecule has 1 rings (SSSR count). The predicted octanol–water partition coefficient (Wildman–Crippen LogP) is 3.94. The first-order valence-electron chi connectivity index (χ1n) is 8.92. The lowest BCUT2D eigenvalue weighted by Crippen LogP contribution is -2.41. The Morgan fingerprint density at radius 2 is 1.78 bits per heavy atom. The van der Waals surface area contributed by atoms with Crippen molar-refractivity contribution in [2.45, 2.75) is 85.0 Å². The van der Waals surface area contributed by atoms with Gasteiger partial charge in [0.2, 0.25) is 0 Å². The van der Waals surface area contributed by atoms with Crippen molar-refractivity contribution >= 4 is 18.4 Å². The Labute approximate surface area is 148 Å². The first-order valence-corrected chi connectivity index (χ1v) is 8.92. The van der Waals surface area contributed by atoms with Gasteiger partial charge < -0.3 is 15.2 Å². The van der Waals surface area contributed by atoms with E-state index in [4.69, 9.17) is 15.2 Å². The molecule has 1 fully saturated rings. The lowest BCUT2D eigenvalue weighted by molar-refractivity contribution is -0.161. The van der Waals surface area contributed by atoms with Crippen molar-refractivity contribution < 1.29 is 14.3 Å². The largest absolute Gasteiger partial charge is 0.459 e. The number of hydrogen-bond donors (Lipinski definition) is 1. The van der Waals surface area contributed by atoms with Gasteiger partial charge in [-0.05, 0) is 50.9 Å². The van der Waals surface area contributed by atoms with Crippen LogP contribution in [0.2, 0.25) is 0 Å². The van der Waals surface area contributed by atoms with Gasteiger partial charge in [-0.25, -0.2) is 0 Å². The number of carbonyl (C=O) groups is 1. The fourth-order valence-electron chi connectivity index (χ4n) is 2.69. The van der Waals surface area contributed by atoms with Gasteiger partial charge in [-0.15, -0.1) is 12.4 Å². The molecule has 2 N–H and O–H groups in total. The van der Waals surface area contributed by atoms with Crippen LogP contribution in [-0.4, -0.2) is 30.8 Å². The Hall–Kier alpha value is -0.320. The third-order valence-corrected chi connectivity index (χ3v) is 4.46. The fraction of sp³-hybridized carbons (Fsp3) is 0.944. The normalized spacial score (nSPS) is 19.6. The van der Waals surface area contributed by atoms with Crippen LogP contribution in [0.15, 0.2) is 0 Å². The summed E-state index contributed by atoms with van der Waals surface area (Å²) in [5, 5.41) is 0. The summed E-state index contributed by atoms with van der Waals surface area (Å²) in [5.41, 5.74) is 5.61. The van der Waals surface area contributed by atoms with E-state index >= 15 is 0 Å². The van der Waals surface area contributed by atoms with Crippen LogP contribution in [0.25, 0.3) is 0 Å². The molecule has 0 aromatic rings. The lowest BCUT2D eigenvalue weighted by Gasteiger charge is -2.32. The van der Waals surface area contributed by atoms with E-state index in [1.165, 1.54) is 19.3 Å². The van der Waals surface area contributed by atoms with Gasteiger partial charge in [0, 0.05) is 6.61 Å². The number of ether oxygens (including phenoxy) is 2.